The largest absolute Gasteiger partial charge is 0.465 e. The third-order valence-corrected chi connectivity index (χ3v) is 3.84. The monoisotopic (exact) mass is 289 g/mol. The van der Waals surface area contributed by atoms with E-state index in [1.165, 1.54) is 7.11 Å². The third kappa shape index (κ3) is 3.45. The Morgan fingerprint density at radius 1 is 1.15 bits per heavy atom. The number of methoxy groups -OCH3 is 1. The van der Waals surface area contributed by atoms with Crippen molar-refractivity contribution in [3.05, 3.63) is 59.7 Å². The molecule has 0 amide bonds. The molecule has 0 aliphatic carbocycles. The lowest BCUT2D eigenvalue weighted by Crippen LogP contribution is -2.06. The first-order valence-corrected chi connectivity index (χ1v) is 7.18. The Bertz CT molecular complexity index is 638. The summed E-state index contributed by atoms with van der Waals surface area (Å²) in [7, 11) is -0.0411. The van der Waals surface area contributed by atoms with Gasteiger partial charge in [0.1, 0.15) is 11.0 Å². The fraction of sp³-hybridized carbons (Fsp3) is 0.133. The second-order valence-electron chi connectivity index (χ2n) is 4.26. The summed E-state index contributed by atoms with van der Waals surface area (Å²) in [6, 6.07) is 14.1. The number of nitrogens with one attached hydrogen (secondary N) is 1. The molecule has 2 rings (SSSR count). The van der Waals surface area contributed by atoms with Crippen LogP contribution >= 0.6 is 0 Å². The average molecular weight is 289 g/mol. The molecule has 0 radical (unpaired) electrons. The summed E-state index contributed by atoms with van der Waals surface area (Å²) in [5.74, 6) is -0.408. The van der Waals surface area contributed by atoms with E-state index in [1.54, 1.807) is 24.3 Å². The summed E-state index contributed by atoms with van der Waals surface area (Å²) in [4.78, 5) is 11.9. The van der Waals surface area contributed by atoms with Crippen LogP contribution in [-0.4, -0.2) is 17.3 Å². The van der Waals surface area contributed by atoms with E-state index >= 15 is 0 Å². The summed E-state index contributed by atoms with van der Waals surface area (Å²) >= 11 is 0. The predicted molar refractivity (Wildman–Crippen MR) is 79.0 cm³/mol. The molecule has 0 aliphatic heterocycles. The Morgan fingerprint density at radius 2 is 1.85 bits per heavy atom. The maximum atomic E-state index is 12.2. The normalized spacial score (nSPS) is 11.7. The van der Waals surface area contributed by atoms with E-state index in [-0.39, 0.29) is 0 Å². The fourth-order valence-corrected chi connectivity index (χ4v) is 2.55. The predicted octanol–water partition coefficient (Wildman–Crippen LogP) is 2.92. The Hall–Kier alpha value is -2.14. The SMILES string of the molecule is COC(=O)c1ccc(S(=O)Nc2cccc(C)c2)cc1. The molecule has 5 heteroatoms. The van der Waals surface area contributed by atoms with E-state index in [2.05, 4.69) is 9.46 Å². The quantitative estimate of drug-likeness (QED) is 0.880. The highest BCUT2D eigenvalue weighted by molar-refractivity contribution is 7.86. The molecule has 2 aromatic carbocycles. The van der Waals surface area contributed by atoms with Gasteiger partial charge in [-0.25, -0.2) is 9.00 Å². The summed E-state index contributed by atoms with van der Waals surface area (Å²) in [5, 5.41) is 0. The van der Waals surface area contributed by atoms with Crippen molar-refractivity contribution in [1.82, 2.24) is 0 Å². The highest BCUT2D eigenvalue weighted by Gasteiger charge is 2.08. The maximum Gasteiger partial charge on any atom is 0.337 e. The molecule has 0 spiro atoms. The van der Waals surface area contributed by atoms with Gasteiger partial charge < -0.3 is 9.46 Å². The molecule has 104 valence electrons. The van der Waals surface area contributed by atoms with Gasteiger partial charge in [0.25, 0.3) is 0 Å². The lowest BCUT2D eigenvalue weighted by atomic mass is 10.2. The van der Waals surface area contributed by atoms with Gasteiger partial charge in [-0.3, -0.25) is 0 Å². The van der Waals surface area contributed by atoms with Crippen LogP contribution in [0.25, 0.3) is 0 Å². The van der Waals surface area contributed by atoms with Crippen LogP contribution in [0.3, 0.4) is 0 Å². The van der Waals surface area contributed by atoms with E-state index < -0.39 is 17.0 Å². The average Bonchev–Trinajstić information content (AvgIpc) is 2.46. The second kappa shape index (κ2) is 6.34. The molecule has 0 bridgehead atoms. The van der Waals surface area contributed by atoms with Gasteiger partial charge in [0.05, 0.1) is 17.6 Å². The molecular formula is C15H15NO3S. The van der Waals surface area contributed by atoms with Crippen LogP contribution in [-0.2, 0) is 15.7 Å². The van der Waals surface area contributed by atoms with Crippen molar-refractivity contribution in [2.75, 3.05) is 11.8 Å². The number of carbonyl (C=O) groups excluding carboxylic acids is 1. The van der Waals surface area contributed by atoms with Gasteiger partial charge in [-0.05, 0) is 48.9 Å². The molecule has 20 heavy (non-hydrogen) atoms. The number of anilines is 1. The standard InChI is InChI=1S/C15H15NO3S/c1-11-4-3-5-13(10-11)16-20(18)14-8-6-12(7-9-14)15(17)19-2/h3-10,16H,1-2H3. The molecule has 0 fully saturated rings. The number of aryl methyl sites for hydroxylation is 1. The first kappa shape index (κ1) is 14.3. The molecule has 0 aliphatic rings. The number of rotatable bonds is 4. The molecule has 2 aromatic rings. The lowest BCUT2D eigenvalue weighted by Gasteiger charge is -2.07. The number of hydrogen-bond donors (Lipinski definition) is 1. The van der Waals surface area contributed by atoms with Gasteiger partial charge in [-0.2, -0.15) is 0 Å². The minimum absolute atomic E-state index is 0.408. The van der Waals surface area contributed by atoms with Crippen LogP contribution in [0.4, 0.5) is 5.69 Å². The molecule has 0 saturated heterocycles. The topological polar surface area (TPSA) is 55.4 Å². The first-order chi connectivity index (χ1) is 9.60. The number of benzene rings is 2. The van der Waals surface area contributed by atoms with Crippen molar-refractivity contribution in [1.29, 1.82) is 0 Å². The Labute approximate surface area is 120 Å². The minimum atomic E-state index is -1.37. The Morgan fingerprint density at radius 3 is 2.45 bits per heavy atom. The van der Waals surface area contributed by atoms with E-state index in [4.69, 9.17) is 0 Å². The van der Waals surface area contributed by atoms with Crippen LogP contribution < -0.4 is 4.72 Å². The van der Waals surface area contributed by atoms with Crippen LogP contribution in [0, 0.1) is 6.92 Å². The Kier molecular flexibility index (Phi) is 4.53. The number of hydrogen-bond acceptors (Lipinski definition) is 3. The van der Waals surface area contributed by atoms with Crippen LogP contribution in [0.2, 0.25) is 0 Å². The van der Waals surface area contributed by atoms with Crippen molar-refractivity contribution in [3.8, 4) is 0 Å². The number of esters is 1. The summed E-state index contributed by atoms with van der Waals surface area (Å²) in [6.07, 6.45) is 0. The third-order valence-electron chi connectivity index (χ3n) is 2.72. The summed E-state index contributed by atoms with van der Waals surface area (Å²) in [6.45, 7) is 1.97. The van der Waals surface area contributed by atoms with Crippen molar-refractivity contribution in [2.24, 2.45) is 0 Å². The fourth-order valence-electron chi connectivity index (χ4n) is 1.71. The number of carbonyl (C=O) groups is 1. The smallest absolute Gasteiger partial charge is 0.337 e. The number of ether oxygens (including phenoxy) is 1. The molecule has 1 unspecified atom stereocenters. The Balaban J connectivity index is 2.11. The summed E-state index contributed by atoms with van der Waals surface area (Å²) < 4.78 is 19.7. The molecule has 1 N–H and O–H groups in total. The highest BCUT2D eigenvalue weighted by Crippen LogP contribution is 2.15. The van der Waals surface area contributed by atoms with E-state index in [0.717, 1.165) is 11.3 Å². The van der Waals surface area contributed by atoms with Gasteiger partial charge in [0, 0.05) is 5.69 Å². The molecular weight excluding hydrogens is 274 g/mol. The maximum absolute atomic E-state index is 12.2. The zero-order chi connectivity index (χ0) is 14.5. The first-order valence-electron chi connectivity index (χ1n) is 6.03. The van der Waals surface area contributed by atoms with Crippen molar-refractivity contribution in [2.45, 2.75) is 11.8 Å². The van der Waals surface area contributed by atoms with Crippen LogP contribution in [0.1, 0.15) is 15.9 Å². The minimum Gasteiger partial charge on any atom is -0.465 e. The molecule has 0 heterocycles. The highest BCUT2D eigenvalue weighted by atomic mass is 32.2. The van der Waals surface area contributed by atoms with E-state index in [9.17, 15) is 9.00 Å². The van der Waals surface area contributed by atoms with E-state index in [0.29, 0.717) is 10.5 Å². The van der Waals surface area contributed by atoms with Gasteiger partial charge in [-0.1, -0.05) is 12.1 Å². The van der Waals surface area contributed by atoms with Crippen LogP contribution in [0.15, 0.2) is 53.4 Å². The zero-order valence-corrected chi connectivity index (χ0v) is 12.1. The van der Waals surface area contributed by atoms with Crippen molar-refractivity contribution in [3.63, 3.8) is 0 Å². The van der Waals surface area contributed by atoms with Gasteiger partial charge in [0.2, 0.25) is 0 Å². The zero-order valence-electron chi connectivity index (χ0n) is 11.3. The molecule has 0 saturated carbocycles. The van der Waals surface area contributed by atoms with Crippen molar-refractivity contribution >= 4 is 22.6 Å². The molecule has 4 nitrogen and oxygen atoms in total. The van der Waals surface area contributed by atoms with Gasteiger partial charge in [0.15, 0.2) is 0 Å². The molecule has 0 aromatic heterocycles. The van der Waals surface area contributed by atoms with Crippen molar-refractivity contribution < 1.29 is 13.7 Å². The second-order valence-corrected chi connectivity index (χ2v) is 5.47. The van der Waals surface area contributed by atoms with E-state index in [1.807, 2.05) is 31.2 Å². The van der Waals surface area contributed by atoms with Crippen LogP contribution in [0.5, 0.6) is 0 Å². The lowest BCUT2D eigenvalue weighted by molar-refractivity contribution is 0.0600. The van der Waals surface area contributed by atoms with Gasteiger partial charge >= 0.3 is 5.97 Å². The van der Waals surface area contributed by atoms with Gasteiger partial charge in [-0.15, -0.1) is 0 Å². The molecule has 1 atom stereocenters. The summed E-state index contributed by atoms with van der Waals surface area (Å²) in [5.41, 5.74) is 2.32.